The SMILES string of the molecule is Cc1onc(-c2ccccc2)c1-c1ccc(S(=O)(=O)NC2O[C@H](CO)[C@@H](O[C@@H]3O[C@H](CO)[C@@H](O)[C@H](O)[C@H]3O)[C@H](O)[C@H]2O)cc1. The molecule has 2 fully saturated rings. The molecule has 5 rings (SSSR count). The van der Waals surface area contributed by atoms with E-state index in [4.69, 9.17) is 18.7 Å². The van der Waals surface area contributed by atoms with Gasteiger partial charge in [0, 0.05) is 5.56 Å². The predicted molar refractivity (Wildman–Crippen MR) is 149 cm³/mol. The van der Waals surface area contributed by atoms with Crippen molar-refractivity contribution in [2.75, 3.05) is 13.2 Å². The van der Waals surface area contributed by atoms with E-state index in [0.29, 0.717) is 22.6 Å². The van der Waals surface area contributed by atoms with Crippen molar-refractivity contribution in [1.29, 1.82) is 0 Å². The Hall–Kier alpha value is -2.84. The van der Waals surface area contributed by atoms with Crippen molar-refractivity contribution in [3.63, 3.8) is 0 Å². The summed E-state index contributed by atoms with van der Waals surface area (Å²) in [5, 5.41) is 75.3. The minimum atomic E-state index is -4.34. The molecule has 0 radical (unpaired) electrons. The van der Waals surface area contributed by atoms with E-state index in [1.54, 1.807) is 19.1 Å². The molecule has 2 saturated heterocycles. The molecular weight excluding hydrogens is 604 g/mol. The minimum absolute atomic E-state index is 0.192. The van der Waals surface area contributed by atoms with Gasteiger partial charge in [0.05, 0.1) is 23.7 Å². The third-order valence-electron chi connectivity index (χ3n) is 7.64. The third kappa shape index (κ3) is 6.30. The van der Waals surface area contributed by atoms with Crippen LogP contribution in [-0.4, -0.2) is 124 Å². The van der Waals surface area contributed by atoms with Gasteiger partial charge in [-0.3, -0.25) is 0 Å². The normalized spacial score (nSPS) is 32.9. The summed E-state index contributed by atoms with van der Waals surface area (Å²) in [5.41, 5.74) is 2.71. The maximum Gasteiger partial charge on any atom is 0.242 e. The van der Waals surface area contributed by atoms with Crippen molar-refractivity contribution in [2.45, 2.75) is 73.2 Å². The smallest absolute Gasteiger partial charge is 0.242 e. The van der Waals surface area contributed by atoms with Crippen molar-refractivity contribution in [1.82, 2.24) is 9.88 Å². The van der Waals surface area contributed by atoms with Gasteiger partial charge >= 0.3 is 0 Å². The van der Waals surface area contributed by atoms with Gasteiger partial charge in [-0.25, -0.2) is 8.42 Å². The Labute approximate surface area is 251 Å². The molecule has 1 aromatic heterocycles. The van der Waals surface area contributed by atoms with E-state index in [-0.39, 0.29) is 4.90 Å². The molecule has 240 valence electrons. The number of hydrogen-bond acceptors (Lipinski definition) is 14. The quantitative estimate of drug-likeness (QED) is 0.129. The first-order valence-corrected chi connectivity index (χ1v) is 15.2. The highest BCUT2D eigenvalue weighted by Crippen LogP contribution is 2.35. The Kier molecular flexibility index (Phi) is 9.81. The summed E-state index contributed by atoms with van der Waals surface area (Å²) in [7, 11) is -4.34. The Morgan fingerprint density at radius 2 is 1.45 bits per heavy atom. The lowest BCUT2D eigenvalue weighted by Crippen LogP contribution is -2.66. The summed E-state index contributed by atoms with van der Waals surface area (Å²) < 4.78 is 50.4. The summed E-state index contributed by atoms with van der Waals surface area (Å²) in [4.78, 5) is -0.192. The summed E-state index contributed by atoms with van der Waals surface area (Å²) in [5.74, 6) is 0.529. The van der Waals surface area contributed by atoms with Crippen molar-refractivity contribution < 1.29 is 62.9 Å². The topological polar surface area (TPSA) is 241 Å². The fourth-order valence-corrected chi connectivity index (χ4v) is 6.34. The lowest BCUT2D eigenvalue weighted by Gasteiger charge is -2.46. The summed E-state index contributed by atoms with van der Waals surface area (Å²) in [6.45, 7) is 0.180. The van der Waals surface area contributed by atoms with E-state index < -0.39 is 84.6 Å². The maximum absolute atomic E-state index is 13.2. The van der Waals surface area contributed by atoms with Crippen molar-refractivity contribution in [3.05, 3.63) is 60.4 Å². The van der Waals surface area contributed by atoms with Crippen LogP contribution in [0.25, 0.3) is 22.4 Å². The van der Waals surface area contributed by atoms with E-state index in [0.717, 1.165) is 5.56 Å². The molecule has 8 N–H and O–H groups in total. The zero-order valence-electron chi connectivity index (χ0n) is 23.3. The second-order valence-electron chi connectivity index (χ2n) is 10.5. The van der Waals surface area contributed by atoms with Crippen molar-refractivity contribution in [3.8, 4) is 22.4 Å². The van der Waals surface area contributed by atoms with E-state index in [1.807, 2.05) is 30.3 Å². The van der Waals surface area contributed by atoms with Gasteiger partial charge in [-0.1, -0.05) is 47.6 Å². The number of benzene rings is 2. The fourth-order valence-electron chi connectivity index (χ4n) is 5.21. The largest absolute Gasteiger partial charge is 0.394 e. The Bertz CT molecular complexity index is 1500. The number of rotatable bonds is 9. The molecule has 0 saturated carbocycles. The number of aromatic nitrogens is 1. The van der Waals surface area contributed by atoms with Gasteiger partial charge in [0.2, 0.25) is 10.0 Å². The highest BCUT2D eigenvalue weighted by atomic mass is 32.2. The van der Waals surface area contributed by atoms with Crippen molar-refractivity contribution in [2.24, 2.45) is 0 Å². The van der Waals surface area contributed by atoms with Gasteiger partial charge < -0.3 is 54.5 Å². The fraction of sp³-hybridized carbons (Fsp3) is 0.464. The molecule has 3 heterocycles. The van der Waals surface area contributed by atoms with Crippen LogP contribution in [-0.2, 0) is 24.2 Å². The lowest BCUT2D eigenvalue weighted by molar-refractivity contribution is -0.342. The average molecular weight is 639 g/mol. The number of aliphatic hydroxyl groups excluding tert-OH is 7. The van der Waals surface area contributed by atoms with E-state index in [9.17, 15) is 44.2 Å². The van der Waals surface area contributed by atoms with Crippen LogP contribution in [0.1, 0.15) is 5.76 Å². The first kappa shape index (κ1) is 32.6. The van der Waals surface area contributed by atoms with Gasteiger partial charge in [-0.05, 0) is 24.6 Å². The molecule has 2 aliphatic rings. The predicted octanol–water partition coefficient (Wildman–Crippen LogP) is -1.78. The average Bonchev–Trinajstić information content (AvgIpc) is 3.42. The van der Waals surface area contributed by atoms with Crippen LogP contribution < -0.4 is 4.72 Å². The number of ether oxygens (including phenoxy) is 3. The molecule has 15 nitrogen and oxygen atoms in total. The van der Waals surface area contributed by atoms with Crippen LogP contribution in [0.5, 0.6) is 0 Å². The van der Waals surface area contributed by atoms with Gasteiger partial charge in [-0.2, -0.15) is 4.72 Å². The Morgan fingerprint density at radius 3 is 2.09 bits per heavy atom. The first-order valence-electron chi connectivity index (χ1n) is 13.7. The number of nitrogens with one attached hydrogen (secondary N) is 1. The molecule has 16 heteroatoms. The van der Waals surface area contributed by atoms with Gasteiger partial charge in [0.25, 0.3) is 0 Å². The van der Waals surface area contributed by atoms with Crippen LogP contribution >= 0.6 is 0 Å². The number of aryl methyl sites for hydroxylation is 1. The molecule has 10 atom stereocenters. The minimum Gasteiger partial charge on any atom is -0.394 e. The van der Waals surface area contributed by atoms with E-state index in [2.05, 4.69) is 9.88 Å². The molecular formula is C28H34N2O13S. The lowest BCUT2D eigenvalue weighted by atomic mass is 9.96. The summed E-state index contributed by atoms with van der Waals surface area (Å²) >= 11 is 0. The summed E-state index contributed by atoms with van der Waals surface area (Å²) in [6.07, 6.45) is -16.9. The molecule has 3 aromatic rings. The van der Waals surface area contributed by atoms with Gasteiger partial charge in [0.1, 0.15) is 60.3 Å². The molecule has 0 amide bonds. The van der Waals surface area contributed by atoms with Gasteiger partial charge in [-0.15, -0.1) is 0 Å². The Morgan fingerprint density at radius 1 is 0.795 bits per heavy atom. The second-order valence-corrected chi connectivity index (χ2v) is 12.2. The Balaban J connectivity index is 1.30. The zero-order chi connectivity index (χ0) is 31.8. The van der Waals surface area contributed by atoms with Crippen LogP contribution in [0.4, 0.5) is 0 Å². The van der Waals surface area contributed by atoms with Crippen LogP contribution in [0, 0.1) is 6.92 Å². The number of sulfonamides is 1. The van der Waals surface area contributed by atoms with Gasteiger partial charge in [0.15, 0.2) is 12.5 Å². The molecule has 1 unspecified atom stereocenters. The van der Waals surface area contributed by atoms with Crippen LogP contribution in [0.3, 0.4) is 0 Å². The molecule has 44 heavy (non-hydrogen) atoms. The molecule has 0 aliphatic carbocycles. The van der Waals surface area contributed by atoms with E-state index in [1.165, 1.54) is 12.1 Å². The second kappa shape index (κ2) is 13.3. The van der Waals surface area contributed by atoms with Crippen LogP contribution in [0.2, 0.25) is 0 Å². The number of hydrogen-bond donors (Lipinski definition) is 8. The number of aliphatic hydroxyl groups is 7. The number of nitrogens with zero attached hydrogens (tertiary/aromatic N) is 1. The van der Waals surface area contributed by atoms with E-state index >= 15 is 0 Å². The third-order valence-corrected chi connectivity index (χ3v) is 9.07. The molecule has 2 aliphatic heterocycles. The maximum atomic E-state index is 13.2. The highest BCUT2D eigenvalue weighted by molar-refractivity contribution is 7.89. The van der Waals surface area contributed by atoms with Crippen LogP contribution in [0.15, 0.2) is 64.0 Å². The first-order chi connectivity index (χ1) is 21.0. The van der Waals surface area contributed by atoms with Crippen molar-refractivity contribution >= 4 is 10.0 Å². The molecule has 0 bridgehead atoms. The molecule has 2 aromatic carbocycles. The zero-order valence-corrected chi connectivity index (χ0v) is 24.1. The summed E-state index contributed by atoms with van der Waals surface area (Å²) in [6, 6.07) is 15.1. The standard InChI is InChI=1S/C28H34N2O13S/c1-13-19(20(29-43-13)15-5-3-2-4-6-15)14-7-9-16(10-8-14)44(38,39)30-27-24(36)23(35)26(18(12-32)40-27)42-28-25(37)22(34)21(33)17(11-31)41-28/h2-10,17-18,21-28,30-37H,11-12H2,1H3/t17-,18-,21-,22+,23-,24-,25-,26-,27?,28+/m1/s1. The highest BCUT2D eigenvalue weighted by Gasteiger charge is 2.51. The monoisotopic (exact) mass is 638 g/mol. The molecule has 0 spiro atoms.